The Bertz CT molecular complexity index is 738. The lowest BCUT2D eigenvalue weighted by Gasteiger charge is -2.11. The first-order valence-corrected chi connectivity index (χ1v) is 10.3. The lowest BCUT2D eigenvalue weighted by Crippen LogP contribution is -1.97. The molecule has 1 aliphatic carbocycles. The molecule has 0 unspecified atom stereocenters. The van der Waals surface area contributed by atoms with Gasteiger partial charge in [0.15, 0.2) is 9.84 Å². The molecular formula is C19H23ClO2S. The molecule has 0 aromatic heterocycles. The minimum absolute atomic E-state index is 0.373. The number of benzene rings is 1. The van der Waals surface area contributed by atoms with Crippen LogP contribution in [0.25, 0.3) is 5.57 Å². The van der Waals surface area contributed by atoms with Crippen LogP contribution in [0.2, 0.25) is 0 Å². The van der Waals surface area contributed by atoms with Crippen LogP contribution in [-0.2, 0) is 9.84 Å². The summed E-state index contributed by atoms with van der Waals surface area (Å²) in [5.74, 6) is 0.538. The number of hydrogen-bond donors (Lipinski definition) is 0. The fourth-order valence-corrected chi connectivity index (χ4v) is 3.77. The van der Waals surface area contributed by atoms with E-state index in [9.17, 15) is 8.42 Å². The van der Waals surface area contributed by atoms with Gasteiger partial charge in [0.25, 0.3) is 0 Å². The van der Waals surface area contributed by atoms with Crippen molar-refractivity contribution in [3.05, 3.63) is 59.2 Å². The molecule has 23 heavy (non-hydrogen) atoms. The summed E-state index contributed by atoms with van der Waals surface area (Å²) >= 11 is 5.70. The first-order chi connectivity index (χ1) is 11.0. The van der Waals surface area contributed by atoms with Gasteiger partial charge in [-0.05, 0) is 67.0 Å². The molecule has 2 rings (SSSR count). The van der Waals surface area contributed by atoms with Gasteiger partial charge in [-0.1, -0.05) is 30.4 Å². The molecule has 0 saturated carbocycles. The van der Waals surface area contributed by atoms with E-state index in [0.29, 0.717) is 10.8 Å². The van der Waals surface area contributed by atoms with Crippen molar-refractivity contribution in [2.24, 2.45) is 0 Å². The molecule has 4 heteroatoms. The molecule has 0 amide bonds. The van der Waals surface area contributed by atoms with Crippen LogP contribution in [0, 0.1) is 0 Å². The van der Waals surface area contributed by atoms with Gasteiger partial charge in [0.2, 0.25) is 0 Å². The highest BCUT2D eigenvalue weighted by atomic mass is 35.5. The molecule has 1 aromatic rings. The van der Waals surface area contributed by atoms with Crippen molar-refractivity contribution in [1.29, 1.82) is 0 Å². The summed E-state index contributed by atoms with van der Waals surface area (Å²) in [7, 11) is -3.14. The van der Waals surface area contributed by atoms with E-state index in [2.05, 4.69) is 19.1 Å². The maximum atomic E-state index is 11.6. The molecule has 0 atom stereocenters. The molecule has 0 heterocycles. The molecule has 0 bridgehead atoms. The van der Waals surface area contributed by atoms with Crippen molar-refractivity contribution in [1.82, 2.24) is 0 Å². The molecule has 2 nitrogen and oxygen atoms in total. The van der Waals surface area contributed by atoms with Crippen molar-refractivity contribution in [3.8, 4) is 0 Å². The van der Waals surface area contributed by atoms with Gasteiger partial charge >= 0.3 is 0 Å². The number of allylic oxidation sites excluding steroid dienone is 6. The Morgan fingerprint density at radius 2 is 1.87 bits per heavy atom. The summed E-state index contributed by atoms with van der Waals surface area (Å²) in [5.41, 5.74) is 5.22. The fourth-order valence-electron chi connectivity index (χ4n) is 3.01. The first-order valence-electron chi connectivity index (χ1n) is 7.86. The van der Waals surface area contributed by atoms with Crippen molar-refractivity contribution < 1.29 is 8.42 Å². The summed E-state index contributed by atoms with van der Waals surface area (Å²) in [6.45, 7) is 2.07. The van der Waals surface area contributed by atoms with Gasteiger partial charge in [-0.3, -0.25) is 0 Å². The van der Waals surface area contributed by atoms with Gasteiger partial charge in [0, 0.05) is 12.1 Å². The second-order valence-electron chi connectivity index (χ2n) is 5.75. The van der Waals surface area contributed by atoms with E-state index in [1.54, 1.807) is 12.1 Å². The Morgan fingerprint density at radius 3 is 2.43 bits per heavy atom. The largest absolute Gasteiger partial charge is 0.224 e. The molecule has 0 aliphatic heterocycles. The maximum Gasteiger partial charge on any atom is 0.175 e. The summed E-state index contributed by atoms with van der Waals surface area (Å²) in [6, 6.07) is 7.27. The zero-order valence-corrected chi connectivity index (χ0v) is 15.3. The Hall–Kier alpha value is -1.32. The zero-order chi connectivity index (χ0) is 16.9. The van der Waals surface area contributed by atoms with Gasteiger partial charge in [-0.2, -0.15) is 0 Å². The summed E-state index contributed by atoms with van der Waals surface area (Å²) in [4.78, 5) is 0.373. The summed E-state index contributed by atoms with van der Waals surface area (Å²) in [5, 5.41) is 0. The molecule has 0 fully saturated rings. The average Bonchev–Trinajstić information content (AvgIpc) is 3.00. The Morgan fingerprint density at radius 1 is 1.17 bits per heavy atom. The van der Waals surface area contributed by atoms with E-state index in [1.807, 2.05) is 18.2 Å². The second kappa shape index (κ2) is 7.98. The van der Waals surface area contributed by atoms with Gasteiger partial charge in [-0.15, -0.1) is 11.6 Å². The van der Waals surface area contributed by atoms with Crippen molar-refractivity contribution in [2.45, 2.75) is 37.5 Å². The van der Waals surface area contributed by atoms with Crippen LogP contribution >= 0.6 is 11.6 Å². The van der Waals surface area contributed by atoms with Crippen LogP contribution in [0.3, 0.4) is 0 Å². The molecule has 0 saturated heterocycles. The molecule has 124 valence electrons. The minimum Gasteiger partial charge on any atom is -0.224 e. The quantitative estimate of drug-likeness (QED) is 0.524. The van der Waals surface area contributed by atoms with E-state index >= 15 is 0 Å². The standard InChI is InChI=1S/C19H23ClO2S/c1-3-15(7-4-5-14-20)18-8-6-9-19(18)16-10-12-17(13-11-16)23(2,21)22/h3-5,10-13H,6-9,14H2,1-2H3/b5-4-,15-3+. The van der Waals surface area contributed by atoms with E-state index in [0.717, 1.165) is 31.2 Å². The van der Waals surface area contributed by atoms with Crippen LogP contribution in [-0.4, -0.2) is 20.6 Å². The van der Waals surface area contributed by atoms with Crippen LogP contribution in [0.1, 0.15) is 38.2 Å². The highest BCUT2D eigenvalue weighted by Crippen LogP contribution is 2.39. The highest BCUT2D eigenvalue weighted by molar-refractivity contribution is 7.90. The predicted octanol–water partition coefficient (Wildman–Crippen LogP) is 5.16. The van der Waals surface area contributed by atoms with E-state index in [4.69, 9.17) is 11.6 Å². The number of halogens is 1. The number of hydrogen-bond acceptors (Lipinski definition) is 2. The lowest BCUT2D eigenvalue weighted by atomic mass is 9.95. The van der Waals surface area contributed by atoms with Crippen LogP contribution in [0.4, 0.5) is 0 Å². The Kier molecular flexibility index (Phi) is 6.25. The van der Waals surface area contributed by atoms with E-state index in [-0.39, 0.29) is 0 Å². The average molecular weight is 351 g/mol. The van der Waals surface area contributed by atoms with Gasteiger partial charge in [0.1, 0.15) is 0 Å². The molecule has 0 spiro atoms. The van der Waals surface area contributed by atoms with Gasteiger partial charge in [-0.25, -0.2) is 8.42 Å². The van der Waals surface area contributed by atoms with Crippen molar-refractivity contribution >= 4 is 27.0 Å². The normalized spacial score (nSPS) is 16.6. The van der Waals surface area contributed by atoms with Crippen molar-refractivity contribution in [2.75, 3.05) is 12.1 Å². The molecule has 0 radical (unpaired) electrons. The highest BCUT2D eigenvalue weighted by Gasteiger charge is 2.19. The molecule has 1 aliphatic rings. The van der Waals surface area contributed by atoms with Gasteiger partial charge < -0.3 is 0 Å². The Balaban J connectivity index is 2.33. The van der Waals surface area contributed by atoms with Crippen molar-refractivity contribution in [3.63, 3.8) is 0 Å². The minimum atomic E-state index is -3.14. The van der Waals surface area contributed by atoms with Crippen LogP contribution in [0.5, 0.6) is 0 Å². The zero-order valence-electron chi connectivity index (χ0n) is 13.7. The first kappa shape index (κ1) is 18.0. The number of alkyl halides is 1. The summed E-state index contributed by atoms with van der Waals surface area (Å²) in [6.07, 6.45) is 11.7. The fraction of sp³-hybridized carbons (Fsp3) is 0.368. The van der Waals surface area contributed by atoms with Crippen LogP contribution < -0.4 is 0 Å². The third-order valence-corrected chi connectivity index (χ3v) is 5.49. The SMILES string of the molecule is C/C=C(\C/C=C\CCl)C1=C(c2ccc(S(C)(=O)=O)cc2)CCC1. The van der Waals surface area contributed by atoms with Crippen LogP contribution in [0.15, 0.2) is 58.5 Å². The van der Waals surface area contributed by atoms with E-state index in [1.165, 1.54) is 23.0 Å². The molecule has 1 aromatic carbocycles. The summed E-state index contributed by atoms with van der Waals surface area (Å²) < 4.78 is 23.2. The van der Waals surface area contributed by atoms with E-state index < -0.39 is 9.84 Å². The smallest absolute Gasteiger partial charge is 0.175 e. The van der Waals surface area contributed by atoms with Gasteiger partial charge in [0.05, 0.1) is 4.90 Å². The molecular weight excluding hydrogens is 328 g/mol. The third kappa shape index (κ3) is 4.58. The number of sulfone groups is 1. The second-order valence-corrected chi connectivity index (χ2v) is 8.08. The monoisotopic (exact) mass is 350 g/mol. The Labute approximate surface area is 144 Å². The third-order valence-electron chi connectivity index (χ3n) is 4.18. The predicted molar refractivity (Wildman–Crippen MR) is 98.6 cm³/mol. The maximum absolute atomic E-state index is 11.6. The molecule has 0 N–H and O–H groups in total. The topological polar surface area (TPSA) is 34.1 Å². The number of rotatable bonds is 6. The lowest BCUT2D eigenvalue weighted by molar-refractivity contribution is 0.602.